The molecule has 8 heteroatoms. The van der Waals surface area contributed by atoms with E-state index in [1.165, 1.54) is 42.7 Å². The van der Waals surface area contributed by atoms with E-state index in [-0.39, 0.29) is 34.4 Å². The third-order valence-electron chi connectivity index (χ3n) is 3.86. The third kappa shape index (κ3) is 2.51. The molecule has 0 fully saturated rings. The number of hydrogen-bond acceptors (Lipinski definition) is 5. The normalized spacial score (nSPS) is 15.4. The minimum absolute atomic E-state index is 0.0118. The summed E-state index contributed by atoms with van der Waals surface area (Å²) in [5.41, 5.74) is 0.973. The van der Waals surface area contributed by atoms with Crippen LogP contribution in [0.2, 0.25) is 0 Å². The standard InChI is InChI=1S/C17H11FN2O4S/c18-12-7-5-11(6-8-12)16-19-13(10-24-16)9-20-17(21)14-3-1-2-4-15(14)25(20,22)23/h1-8,10H,9H2. The second-order valence-corrected chi connectivity index (χ2v) is 7.29. The molecule has 126 valence electrons. The summed E-state index contributed by atoms with van der Waals surface area (Å²) in [6.45, 7) is -0.236. The number of rotatable bonds is 3. The van der Waals surface area contributed by atoms with Crippen LogP contribution in [-0.2, 0) is 16.6 Å². The number of amides is 1. The Morgan fingerprint density at radius 3 is 2.52 bits per heavy atom. The summed E-state index contributed by atoms with van der Waals surface area (Å²) in [6.07, 6.45) is 1.28. The molecule has 0 N–H and O–H groups in total. The minimum Gasteiger partial charge on any atom is -0.444 e. The van der Waals surface area contributed by atoms with Crippen molar-refractivity contribution in [1.82, 2.24) is 9.29 Å². The van der Waals surface area contributed by atoms with Crippen molar-refractivity contribution in [2.75, 3.05) is 0 Å². The molecule has 6 nitrogen and oxygen atoms in total. The first-order chi connectivity index (χ1) is 12.0. The van der Waals surface area contributed by atoms with E-state index >= 15 is 0 Å². The van der Waals surface area contributed by atoms with Crippen LogP contribution in [0.25, 0.3) is 11.5 Å². The van der Waals surface area contributed by atoms with Gasteiger partial charge < -0.3 is 4.42 Å². The molecule has 2 heterocycles. The molecule has 1 aliphatic rings. The summed E-state index contributed by atoms with van der Waals surface area (Å²) in [5.74, 6) is -0.763. The molecule has 1 amide bonds. The minimum atomic E-state index is -3.90. The fourth-order valence-corrected chi connectivity index (χ4v) is 4.18. The van der Waals surface area contributed by atoms with Gasteiger partial charge in [0.15, 0.2) is 0 Å². The molecule has 2 aromatic carbocycles. The van der Waals surface area contributed by atoms with Gasteiger partial charge in [0.05, 0.1) is 12.1 Å². The Morgan fingerprint density at radius 2 is 1.80 bits per heavy atom. The molecule has 0 bridgehead atoms. The average Bonchev–Trinajstić information content (AvgIpc) is 3.14. The van der Waals surface area contributed by atoms with Crippen molar-refractivity contribution in [1.29, 1.82) is 0 Å². The van der Waals surface area contributed by atoms with Crippen LogP contribution in [0.1, 0.15) is 16.1 Å². The first-order valence-electron chi connectivity index (χ1n) is 7.33. The molecule has 0 unspecified atom stereocenters. The smallest absolute Gasteiger partial charge is 0.269 e. The maximum atomic E-state index is 13.0. The first kappa shape index (κ1) is 15.5. The third-order valence-corrected chi connectivity index (χ3v) is 5.65. The molecule has 0 atom stereocenters. The maximum Gasteiger partial charge on any atom is 0.269 e. The van der Waals surface area contributed by atoms with E-state index in [9.17, 15) is 17.6 Å². The summed E-state index contributed by atoms with van der Waals surface area (Å²) in [6, 6.07) is 11.6. The van der Waals surface area contributed by atoms with Gasteiger partial charge in [0.1, 0.15) is 22.7 Å². The Hall–Kier alpha value is -3.00. The zero-order chi connectivity index (χ0) is 17.6. The van der Waals surface area contributed by atoms with Crippen LogP contribution in [0.4, 0.5) is 4.39 Å². The largest absolute Gasteiger partial charge is 0.444 e. The van der Waals surface area contributed by atoms with Crippen LogP contribution in [0.3, 0.4) is 0 Å². The number of hydrogen-bond donors (Lipinski definition) is 0. The lowest BCUT2D eigenvalue weighted by Crippen LogP contribution is -2.29. The molecule has 0 radical (unpaired) electrons. The van der Waals surface area contributed by atoms with Crippen molar-refractivity contribution in [3.05, 3.63) is 71.9 Å². The summed E-state index contributed by atoms with van der Waals surface area (Å²) in [5, 5.41) is 0. The van der Waals surface area contributed by atoms with Gasteiger partial charge in [0.2, 0.25) is 5.89 Å². The van der Waals surface area contributed by atoms with E-state index in [0.717, 1.165) is 4.31 Å². The second kappa shape index (κ2) is 5.52. The van der Waals surface area contributed by atoms with Crippen LogP contribution in [0, 0.1) is 5.82 Å². The van der Waals surface area contributed by atoms with Crippen molar-refractivity contribution in [2.45, 2.75) is 11.4 Å². The quantitative estimate of drug-likeness (QED) is 0.719. The average molecular weight is 358 g/mol. The van der Waals surface area contributed by atoms with Gasteiger partial charge in [-0.25, -0.2) is 22.1 Å². The number of aromatic nitrogens is 1. The van der Waals surface area contributed by atoms with Gasteiger partial charge in [-0.15, -0.1) is 0 Å². The molecule has 3 aromatic rings. The highest BCUT2D eigenvalue weighted by Gasteiger charge is 2.41. The van der Waals surface area contributed by atoms with Gasteiger partial charge >= 0.3 is 0 Å². The molecule has 0 saturated carbocycles. The predicted molar refractivity (Wildman–Crippen MR) is 85.4 cm³/mol. The van der Waals surface area contributed by atoms with E-state index < -0.39 is 15.9 Å². The molecule has 1 aliphatic heterocycles. The first-order valence-corrected chi connectivity index (χ1v) is 8.77. The molecular weight excluding hydrogens is 347 g/mol. The molecule has 4 rings (SSSR count). The van der Waals surface area contributed by atoms with Gasteiger partial charge in [-0.3, -0.25) is 4.79 Å². The Labute approximate surface area is 142 Å². The van der Waals surface area contributed by atoms with Crippen molar-refractivity contribution in [2.24, 2.45) is 0 Å². The van der Waals surface area contributed by atoms with E-state index in [0.29, 0.717) is 5.56 Å². The van der Waals surface area contributed by atoms with Crippen LogP contribution in [0.5, 0.6) is 0 Å². The lowest BCUT2D eigenvalue weighted by atomic mass is 10.2. The summed E-state index contributed by atoms with van der Waals surface area (Å²) < 4.78 is 44.1. The van der Waals surface area contributed by atoms with Crippen LogP contribution in [0.15, 0.2) is 64.1 Å². The van der Waals surface area contributed by atoms with Crippen LogP contribution < -0.4 is 0 Å². The molecular formula is C17H11FN2O4S. The Bertz CT molecular complexity index is 1070. The molecule has 0 aliphatic carbocycles. The zero-order valence-electron chi connectivity index (χ0n) is 12.7. The number of halogens is 1. The highest BCUT2D eigenvalue weighted by Crippen LogP contribution is 2.31. The van der Waals surface area contributed by atoms with Crippen molar-refractivity contribution in [3.63, 3.8) is 0 Å². The molecule has 1 aromatic heterocycles. The van der Waals surface area contributed by atoms with Gasteiger partial charge in [-0.05, 0) is 36.4 Å². The highest BCUT2D eigenvalue weighted by atomic mass is 32.2. The van der Waals surface area contributed by atoms with Crippen LogP contribution >= 0.6 is 0 Å². The second-order valence-electron chi connectivity index (χ2n) is 5.46. The van der Waals surface area contributed by atoms with E-state index in [1.807, 2.05) is 0 Å². The summed E-state index contributed by atoms with van der Waals surface area (Å²) >= 11 is 0. The SMILES string of the molecule is O=C1c2ccccc2S(=O)(=O)N1Cc1coc(-c2ccc(F)cc2)n1. The van der Waals surface area contributed by atoms with Gasteiger partial charge in [0, 0.05) is 5.56 Å². The number of sulfonamides is 1. The summed E-state index contributed by atoms with van der Waals surface area (Å²) in [7, 11) is -3.90. The van der Waals surface area contributed by atoms with E-state index in [2.05, 4.69) is 4.98 Å². The van der Waals surface area contributed by atoms with Gasteiger partial charge in [-0.1, -0.05) is 12.1 Å². The molecule has 0 spiro atoms. The van der Waals surface area contributed by atoms with E-state index in [1.54, 1.807) is 12.1 Å². The molecule has 0 saturated heterocycles. The number of carbonyl (C=O) groups excluding carboxylic acids is 1. The zero-order valence-corrected chi connectivity index (χ0v) is 13.5. The van der Waals surface area contributed by atoms with Crippen molar-refractivity contribution in [3.8, 4) is 11.5 Å². The maximum absolute atomic E-state index is 13.0. The lowest BCUT2D eigenvalue weighted by molar-refractivity contribution is 0.0864. The van der Waals surface area contributed by atoms with Crippen LogP contribution in [-0.4, -0.2) is 23.6 Å². The Balaban J connectivity index is 1.64. The number of nitrogens with zero attached hydrogens (tertiary/aromatic N) is 2. The number of fused-ring (bicyclic) bond motifs is 1. The predicted octanol–water partition coefficient (Wildman–Crippen LogP) is 2.83. The highest BCUT2D eigenvalue weighted by molar-refractivity contribution is 7.90. The van der Waals surface area contributed by atoms with Gasteiger partial charge in [0.25, 0.3) is 15.9 Å². The van der Waals surface area contributed by atoms with E-state index in [4.69, 9.17) is 4.42 Å². The number of benzene rings is 2. The fourth-order valence-electron chi connectivity index (χ4n) is 2.64. The van der Waals surface area contributed by atoms with Gasteiger partial charge in [-0.2, -0.15) is 0 Å². The monoisotopic (exact) mass is 358 g/mol. The Morgan fingerprint density at radius 1 is 1.08 bits per heavy atom. The Kier molecular flexibility index (Phi) is 3.43. The van der Waals surface area contributed by atoms with Crippen molar-refractivity contribution >= 4 is 15.9 Å². The number of carbonyl (C=O) groups is 1. The number of oxazole rings is 1. The topological polar surface area (TPSA) is 80.5 Å². The molecule has 25 heavy (non-hydrogen) atoms. The lowest BCUT2D eigenvalue weighted by Gasteiger charge is -2.12. The fraction of sp³-hybridized carbons (Fsp3) is 0.0588. The summed E-state index contributed by atoms with van der Waals surface area (Å²) in [4.78, 5) is 16.6. The van der Waals surface area contributed by atoms with Crippen molar-refractivity contribution < 1.29 is 22.0 Å².